The van der Waals surface area contributed by atoms with Gasteiger partial charge in [0.05, 0.1) is 10.5 Å². The minimum atomic E-state index is -0.523. The lowest BCUT2D eigenvalue weighted by Crippen LogP contribution is -2.41. The first-order valence-corrected chi connectivity index (χ1v) is 7.28. The van der Waals surface area contributed by atoms with Crippen LogP contribution in [0.5, 0.6) is 0 Å². The summed E-state index contributed by atoms with van der Waals surface area (Å²) in [5.41, 5.74) is 2.81. The topological polar surface area (TPSA) is 78.6 Å². The Morgan fingerprint density at radius 1 is 1.58 bits per heavy atom. The fourth-order valence-electron chi connectivity index (χ4n) is 2.29. The highest BCUT2D eigenvalue weighted by Gasteiger charge is 2.27. The first-order chi connectivity index (χ1) is 8.91. The molecule has 1 aromatic rings. The molecule has 0 atom stereocenters. The van der Waals surface area contributed by atoms with Crippen molar-refractivity contribution < 1.29 is 9.90 Å². The van der Waals surface area contributed by atoms with Crippen LogP contribution in [0.4, 0.5) is 0 Å². The molecule has 2 heterocycles. The summed E-state index contributed by atoms with van der Waals surface area (Å²) in [4.78, 5) is 15.6. The summed E-state index contributed by atoms with van der Waals surface area (Å²) in [6.07, 6.45) is 1.60. The van der Waals surface area contributed by atoms with Gasteiger partial charge >= 0.3 is 0 Å². The largest absolute Gasteiger partial charge is 0.390 e. The number of nitrogen functional groups attached to an aromatic ring is 1. The number of rotatable bonds is 3. The molecule has 19 heavy (non-hydrogen) atoms. The molecule has 1 aromatic heterocycles. The number of amides is 1. The predicted molar refractivity (Wildman–Crippen MR) is 75.8 cm³/mol. The van der Waals surface area contributed by atoms with Crippen molar-refractivity contribution >= 4 is 17.2 Å². The van der Waals surface area contributed by atoms with Crippen molar-refractivity contribution in [1.82, 2.24) is 10.3 Å². The summed E-state index contributed by atoms with van der Waals surface area (Å²) in [6.45, 7) is 6.52. The Balaban J connectivity index is 2.00. The molecule has 6 heteroatoms. The third kappa shape index (κ3) is 3.54. The van der Waals surface area contributed by atoms with Crippen LogP contribution in [0.3, 0.4) is 0 Å². The van der Waals surface area contributed by atoms with E-state index < -0.39 is 5.60 Å². The molecule has 1 aliphatic heterocycles. The van der Waals surface area contributed by atoms with Gasteiger partial charge in [-0.2, -0.15) is 0 Å². The molecule has 106 valence electrons. The van der Waals surface area contributed by atoms with Gasteiger partial charge in [0.25, 0.3) is 5.91 Å². The Hall–Kier alpha value is -0.950. The van der Waals surface area contributed by atoms with Gasteiger partial charge in [-0.05, 0) is 38.3 Å². The minimum Gasteiger partial charge on any atom is -0.390 e. The molecule has 0 unspecified atom stereocenters. The van der Waals surface area contributed by atoms with Gasteiger partial charge in [-0.15, -0.1) is 11.3 Å². The summed E-state index contributed by atoms with van der Waals surface area (Å²) in [5.74, 6) is 4.91. The molecule has 0 spiro atoms. The SMILES string of the molecule is Cc1sc(C(=O)NN)cc1CN1CCC(C)(O)CC1. The smallest absolute Gasteiger partial charge is 0.275 e. The monoisotopic (exact) mass is 283 g/mol. The van der Waals surface area contributed by atoms with Crippen LogP contribution < -0.4 is 11.3 Å². The molecule has 0 aliphatic carbocycles. The van der Waals surface area contributed by atoms with Gasteiger partial charge in [0.1, 0.15) is 0 Å². The molecular weight excluding hydrogens is 262 g/mol. The number of thiophene rings is 1. The lowest BCUT2D eigenvalue weighted by molar-refractivity contribution is -0.00730. The van der Waals surface area contributed by atoms with Gasteiger partial charge < -0.3 is 5.11 Å². The van der Waals surface area contributed by atoms with E-state index in [4.69, 9.17) is 5.84 Å². The predicted octanol–water partition coefficient (Wildman–Crippen LogP) is 1.01. The summed E-state index contributed by atoms with van der Waals surface area (Å²) in [5, 5.41) is 9.93. The summed E-state index contributed by atoms with van der Waals surface area (Å²) >= 11 is 1.47. The molecule has 0 saturated carbocycles. The number of nitrogens with one attached hydrogen (secondary N) is 1. The van der Waals surface area contributed by atoms with Crippen molar-refractivity contribution in [3.63, 3.8) is 0 Å². The summed E-state index contributed by atoms with van der Waals surface area (Å²) in [6, 6.07) is 1.91. The third-order valence-electron chi connectivity index (χ3n) is 3.70. The number of carbonyl (C=O) groups excluding carboxylic acids is 1. The maximum Gasteiger partial charge on any atom is 0.275 e. The lowest BCUT2D eigenvalue weighted by Gasteiger charge is -2.35. The Labute approximate surface area is 117 Å². The zero-order valence-corrected chi connectivity index (χ0v) is 12.2. The van der Waals surface area contributed by atoms with E-state index in [-0.39, 0.29) is 5.91 Å². The first-order valence-electron chi connectivity index (χ1n) is 6.46. The highest BCUT2D eigenvalue weighted by Crippen LogP contribution is 2.26. The number of nitrogens with zero attached hydrogens (tertiary/aromatic N) is 1. The average molecular weight is 283 g/mol. The van der Waals surface area contributed by atoms with Crippen LogP contribution in [0.15, 0.2) is 6.07 Å². The molecule has 0 aromatic carbocycles. The molecule has 1 fully saturated rings. The molecular formula is C13H21N3O2S. The standard InChI is InChI=1S/C13H21N3O2S/c1-9-10(7-11(19-9)12(17)15-14)8-16-5-3-13(2,18)4-6-16/h7,18H,3-6,8,14H2,1-2H3,(H,15,17). The van der Waals surface area contributed by atoms with Crippen molar-refractivity contribution in [3.8, 4) is 0 Å². The zero-order chi connectivity index (χ0) is 14.0. The van der Waals surface area contributed by atoms with Gasteiger partial charge in [-0.25, -0.2) is 5.84 Å². The number of hydrogen-bond acceptors (Lipinski definition) is 5. The fourth-order valence-corrected chi connectivity index (χ4v) is 3.23. The van der Waals surface area contributed by atoms with Crippen LogP contribution in [0.25, 0.3) is 0 Å². The van der Waals surface area contributed by atoms with E-state index in [0.717, 1.165) is 37.4 Å². The zero-order valence-electron chi connectivity index (χ0n) is 11.4. The van der Waals surface area contributed by atoms with Crippen LogP contribution in [0, 0.1) is 6.92 Å². The van der Waals surface area contributed by atoms with Crippen molar-refractivity contribution in [2.75, 3.05) is 13.1 Å². The van der Waals surface area contributed by atoms with Gasteiger partial charge in [-0.3, -0.25) is 15.1 Å². The Morgan fingerprint density at radius 2 is 2.21 bits per heavy atom. The minimum absolute atomic E-state index is 0.235. The van der Waals surface area contributed by atoms with Crippen molar-refractivity contribution in [2.45, 2.75) is 38.8 Å². The quantitative estimate of drug-likeness (QED) is 0.439. The average Bonchev–Trinajstić information content (AvgIpc) is 2.73. The van der Waals surface area contributed by atoms with E-state index in [2.05, 4.69) is 10.3 Å². The summed E-state index contributed by atoms with van der Waals surface area (Å²) < 4.78 is 0. The number of hydrazine groups is 1. The fraction of sp³-hybridized carbons (Fsp3) is 0.615. The van der Waals surface area contributed by atoms with Crippen LogP contribution in [-0.2, 0) is 6.54 Å². The van der Waals surface area contributed by atoms with Gasteiger partial charge in [0.2, 0.25) is 0 Å². The van der Waals surface area contributed by atoms with Crippen molar-refractivity contribution in [3.05, 3.63) is 21.4 Å². The lowest BCUT2D eigenvalue weighted by atomic mass is 9.93. The third-order valence-corrected chi connectivity index (χ3v) is 4.79. The van der Waals surface area contributed by atoms with E-state index in [1.165, 1.54) is 16.9 Å². The number of likely N-dealkylation sites (tertiary alicyclic amines) is 1. The summed E-state index contributed by atoms with van der Waals surface area (Å²) in [7, 11) is 0. The normalized spacial score (nSPS) is 19.4. The van der Waals surface area contributed by atoms with Gasteiger partial charge in [0, 0.05) is 24.5 Å². The van der Waals surface area contributed by atoms with Crippen LogP contribution in [0.1, 0.15) is 39.9 Å². The molecule has 4 N–H and O–H groups in total. The number of aliphatic hydroxyl groups is 1. The highest BCUT2D eigenvalue weighted by molar-refractivity contribution is 7.14. The second-order valence-corrected chi connectivity index (χ2v) is 6.69. The number of carbonyl (C=O) groups is 1. The van der Waals surface area contributed by atoms with E-state index in [0.29, 0.717) is 4.88 Å². The molecule has 1 saturated heterocycles. The van der Waals surface area contributed by atoms with Crippen LogP contribution in [-0.4, -0.2) is 34.6 Å². The van der Waals surface area contributed by atoms with Gasteiger partial charge in [0.15, 0.2) is 0 Å². The first kappa shape index (κ1) is 14.5. The Kier molecular flexibility index (Phi) is 4.25. The highest BCUT2D eigenvalue weighted by atomic mass is 32.1. The van der Waals surface area contributed by atoms with Crippen molar-refractivity contribution in [1.29, 1.82) is 0 Å². The number of nitrogens with two attached hydrogens (primary N) is 1. The van der Waals surface area contributed by atoms with Crippen LogP contribution >= 0.6 is 11.3 Å². The second-order valence-electron chi connectivity index (χ2n) is 5.44. The number of piperidine rings is 1. The Morgan fingerprint density at radius 3 is 2.79 bits per heavy atom. The molecule has 2 rings (SSSR count). The van der Waals surface area contributed by atoms with Crippen LogP contribution in [0.2, 0.25) is 0 Å². The molecule has 1 amide bonds. The molecule has 0 bridgehead atoms. The van der Waals surface area contributed by atoms with E-state index in [1.807, 2.05) is 19.9 Å². The molecule has 1 aliphatic rings. The maximum atomic E-state index is 11.5. The van der Waals surface area contributed by atoms with Crippen molar-refractivity contribution in [2.24, 2.45) is 5.84 Å². The number of aryl methyl sites for hydroxylation is 1. The second kappa shape index (κ2) is 5.58. The van der Waals surface area contributed by atoms with E-state index in [1.54, 1.807) is 0 Å². The molecule has 5 nitrogen and oxygen atoms in total. The molecule has 0 radical (unpaired) electrons. The maximum absolute atomic E-state index is 11.5. The van der Waals surface area contributed by atoms with E-state index in [9.17, 15) is 9.90 Å². The Bertz CT molecular complexity index is 460. The van der Waals surface area contributed by atoms with E-state index >= 15 is 0 Å². The number of hydrogen-bond donors (Lipinski definition) is 3. The van der Waals surface area contributed by atoms with Gasteiger partial charge in [-0.1, -0.05) is 0 Å².